The first-order valence-electron chi connectivity index (χ1n) is 12.2. The van der Waals surface area contributed by atoms with Crippen molar-refractivity contribution >= 4 is 39.4 Å². The average molecular weight is 602 g/mol. The van der Waals surface area contributed by atoms with Gasteiger partial charge < -0.3 is 23.7 Å². The molecule has 1 aromatic heterocycles. The van der Waals surface area contributed by atoms with Crippen LogP contribution in [0.4, 0.5) is 16.3 Å². The van der Waals surface area contributed by atoms with Crippen LogP contribution in [0.2, 0.25) is 0 Å². The molecule has 40 heavy (non-hydrogen) atoms. The molecular formula is C23H31N5O10S2. The van der Waals surface area contributed by atoms with Gasteiger partial charge in [0.2, 0.25) is 10.0 Å². The SMILES string of the molecule is CSc1ncc2c(n1)N(CCOCCOCCOCCOCCNS(=O)(=O)c1ccc([N+](=O)[O-])cc1)C(=O)OC2. The number of amides is 1. The van der Waals surface area contributed by atoms with E-state index in [1.54, 1.807) is 6.20 Å². The highest BCUT2D eigenvalue weighted by Gasteiger charge is 2.27. The maximum atomic E-state index is 12.2. The van der Waals surface area contributed by atoms with Gasteiger partial charge in [-0.15, -0.1) is 0 Å². The van der Waals surface area contributed by atoms with Gasteiger partial charge in [0.15, 0.2) is 5.16 Å². The Morgan fingerprint density at radius 3 is 2.23 bits per heavy atom. The number of rotatable bonds is 19. The van der Waals surface area contributed by atoms with Crippen LogP contribution in [0.15, 0.2) is 40.5 Å². The molecule has 0 spiro atoms. The highest BCUT2D eigenvalue weighted by Crippen LogP contribution is 2.26. The van der Waals surface area contributed by atoms with Gasteiger partial charge in [0.05, 0.1) is 74.8 Å². The van der Waals surface area contributed by atoms with E-state index in [0.29, 0.717) is 44.0 Å². The molecule has 0 unspecified atom stereocenters. The molecule has 0 radical (unpaired) electrons. The normalized spacial score (nSPS) is 13.2. The lowest BCUT2D eigenvalue weighted by Gasteiger charge is -2.27. The summed E-state index contributed by atoms with van der Waals surface area (Å²) in [6, 6.07) is 4.61. The fourth-order valence-electron chi connectivity index (χ4n) is 3.31. The van der Waals surface area contributed by atoms with Gasteiger partial charge in [-0.05, 0) is 18.4 Å². The van der Waals surface area contributed by atoms with Crippen LogP contribution in [0.5, 0.6) is 0 Å². The van der Waals surface area contributed by atoms with Gasteiger partial charge in [-0.2, -0.15) is 0 Å². The van der Waals surface area contributed by atoms with Gasteiger partial charge in [-0.25, -0.2) is 27.9 Å². The third-order valence-corrected chi connectivity index (χ3v) is 7.34. The molecule has 1 N–H and O–H groups in total. The van der Waals surface area contributed by atoms with Crippen LogP contribution in [0.3, 0.4) is 0 Å². The number of ether oxygens (including phenoxy) is 5. The molecular weight excluding hydrogens is 570 g/mol. The number of cyclic esters (lactones) is 1. The maximum absolute atomic E-state index is 12.2. The van der Waals surface area contributed by atoms with Crippen molar-refractivity contribution in [2.75, 3.05) is 77.1 Å². The number of non-ortho nitro benzene ring substituents is 1. The van der Waals surface area contributed by atoms with E-state index in [2.05, 4.69) is 14.7 Å². The third-order valence-electron chi connectivity index (χ3n) is 5.30. The summed E-state index contributed by atoms with van der Waals surface area (Å²) < 4.78 is 53.6. The molecule has 0 bridgehead atoms. The summed E-state index contributed by atoms with van der Waals surface area (Å²) in [4.78, 5) is 32.2. The molecule has 2 heterocycles. The smallest absolute Gasteiger partial charge is 0.415 e. The Balaban J connectivity index is 1.15. The molecule has 1 amide bonds. The minimum Gasteiger partial charge on any atom is -0.444 e. The van der Waals surface area contributed by atoms with Crippen molar-refractivity contribution in [3.8, 4) is 0 Å². The van der Waals surface area contributed by atoms with Crippen molar-refractivity contribution in [3.63, 3.8) is 0 Å². The lowest BCUT2D eigenvalue weighted by molar-refractivity contribution is -0.384. The van der Waals surface area contributed by atoms with E-state index >= 15 is 0 Å². The lowest BCUT2D eigenvalue weighted by Crippen LogP contribution is -2.39. The number of nitrogens with one attached hydrogen (secondary N) is 1. The Kier molecular flexibility index (Phi) is 12.9. The van der Waals surface area contributed by atoms with Crippen LogP contribution >= 0.6 is 11.8 Å². The zero-order valence-corrected chi connectivity index (χ0v) is 23.5. The van der Waals surface area contributed by atoms with Crippen molar-refractivity contribution in [2.24, 2.45) is 0 Å². The van der Waals surface area contributed by atoms with Gasteiger partial charge >= 0.3 is 6.09 Å². The Morgan fingerprint density at radius 1 is 1.02 bits per heavy atom. The number of carbonyl (C=O) groups excluding carboxylic acids is 1. The van der Waals surface area contributed by atoms with Crippen molar-refractivity contribution in [1.29, 1.82) is 0 Å². The first kappa shape index (κ1) is 31.6. The number of hydrogen-bond acceptors (Lipinski definition) is 13. The Labute approximate surface area is 235 Å². The first-order chi connectivity index (χ1) is 19.3. The summed E-state index contributed by atoms with van der Waals surface area (Å²) in [5.41, 5.74) is 0.558. The number of nitro groups is 1. The molecule has 1 aliphatic heterocycles. The molecule has 2 aromatic rings. The second-order valence-corrected chi connectivity index (χ2v) is 10.6. The van der Waals surface area contributed by atoms with Gasteiger partial charge in [0, 0.05) is 24.9 Å². The molecule has 0 fully saturated rings. The molecule has 1 aromatic carbocycles. The zero-order chi connectivity index (χ0) is 28.8. The highest BCUT2D eigenvalue weighted by atomic mass is 32.2. The largest absolute Gasteiger partial charge is 0.444 e. The molecule has 0 aliphatic carbocycles. The van der Waals surface area contributed by atoms with E-state index in [1.807, 2.05) is 6.26 Å². The number of benzene rings is 1. The number of sulfonamides is 1. The predicted octanol–water partition coefficient (Wildman–Crippen LogP) is 1.61. The minimum atomic E-state index is -3.78. The summed E-state index contributed by atoms with van der Waals surface area (Å²) in [5.74, 6) is 0.542. The van der Waals surface area contributed by atoms with Gasteiger partial charge in [-0.1, -0.05) is 11.8 Å². The van der Waals surface area contributed by atoms with E-state index in [0.717, 1.165) is 17.7 Å². The van der Waals surface area contributed by atoms with Crippen LogP contribution in [0.25, 0.3) is 0 Å². The van der Waals surface area contributed by atoms with Crippen molar-refractivity contribution in [1.82, 2.24) is 14.7 Å². The predicted molar refractivity (Wildman–Crippen MR) is 143 cm³/mol. The second kappa shape index (κ2) is 16.4. The molecule has 220 valence electrons. The molecule has 0 saturated carbocycles. The number of aromatic nitrogens is 2. The molecule has 3 rings (SSSR count). The van der Waals surface area contributed by atoms with Crippen LogP contribution in [0, 0.1) is 10.1 Å². The number of fused-ring (bicyclic) bond motifs is 1. The number of nitro benzene ring substituents is 1. The number of nitrogens with zero attached hydrogens (tertiary/aromatic N) is 4. The number of thioether (sulfide) groups is 1. The van der Waals surface area contributed by atoms with Gasteiger partial charge in [-0.3, -0.25) is 15.0 Å². The van der Waals surface area contributed by atoms with Crippen molar-refractivity contribution < 1.29 is 41.8 Å². The highest BCUT2D eigenvalue weighted by molar-refractivity contribution is 7.98. The number of carbonyl (C=O) groups is 1. The fourth-order valence-corrected chi connectivity index (χ4v) is 4.66. The molecule has 0 atom stereocenters. The summed E-state index contributed by atoms with van der Waals surface area (Å²) in [5, 5.41) is 11.2. The number of anilines is 1. The Morgan fingerprint density at radius 2 is 1.62 bits per heavy atom. The summed E-state index contributed by atoms with van der Waals surface area (Å²) in [6.07, 6.45) is 3.05. The van der Waals surface area contributed by atoms with Gasteiger partial charge in [0.25, 0.3) is 5.69 Å². The van der Waals surface area contributed by atoms with Crippen molar-refractivity contribution in [2.45, 2.75) is 16.7 Å². The first-order valence-corrected chi connectivity index (χ1v) is 14.9. The minimum absolute atomic E-state index is 0.0421. The quantitative estimate of drug-likeness (QED) is 0.0807. The van der Waals surface area contributed by atoms with E-state index in [-0.39, 0.29) is 50.1 Å². The van der Waals surface area contributed by atoms with Crippen LogP contribution < -0.4 is 9.62 Å². The lowest BCUT2D eigenvalue weighted by atomic mass is 10.3. The molecule has 17 heteroatoms. The second-order valence-electron chi connectivity index (χ2n) is 8.01. The Bertz CT molecular complexity index is 1220. The summed E-state index contributed by atoms with van der Waals surface area (Å²) in [7, 11) is -3.78. The number of hydrogen-bond donors (Lipinski definition) is 1. The molecule has 15 nitrogen and oxygen atoms in total. The standard InChI is InChI=1S/C23H31N5O10S2/c1-39-22-24-16-18-17-38-23(29)27(21(18)26-22)7-9-35-11-13-37-15-14-36-12-10-34-8-6-25-40(32,33)20-4-2-19(3-5-20)28(30)31/h2-5,16,25H,6-15,17H2,1H3. The van der Waals surface area contributed by atoms with Gasteiger partial charge in [0.1, 0.15) is 12.4 Å². The molecule has 0 saturated heterocycles. The van der Waals surface area contributed by atoms with Crippen LogP contribution in [0.1, 0.15) is 5.56 Å². The van der Waals surface area contributed by atoms with Crippen molar-refractivity contribution in [3.05, 3.63) is 46.1 Å². The summed E-state index contributed by atoms with van der Waals surface area (Å²) >= 11 is 1.39. The van der Waals surface area contributed by atoms with E-state index < -0.39 is 21.0 Å². The van der Waals surface area contributed by atoms with E-state index in [4.69, 9.17) is 23.7 Å². The summed E-state index contributed by atoms with van der Waals surface area (Å²) in [6.45, 7) is 2.89. The fraction of sp³-hybridized carbons (Fsp3) is 0.522. The average Bonchev–Trinajstić information content (AvgIpc) is 2.95. The van der Waals surface area contributed by atoms with E-state index in [9.17, 15) is 23.3 Å². The molecule has 1 aliphatic rings. The zero-order valence-electron chi connectivity index (χ0n) is 21.9. The maximum Gasteiger partial charge on any atom is 0.415 e. The topological polar surface area (TPSA) is 182 Å². The van der Waals surface area contributed by atoms with Crippen LogP contribution in [-0.2, 0) is 40.3 Å². The third kappa shape index (κ3) is 9.92. The Hall–Kier alpha value is -2.93. The van der Waals surface area contributed by atoms with E-state index in [1.165, 1.54) is 28.8 Å². The monoisotopic (exact) mass is 601 g/mol. The van der Waals surface area contributed by atoms with Crippen LogP contribution in [-0.4, -0.2) is 102 Å².